The molecule has 150 valence electrons. The number of benzene rings is 2. The number of carbonyl (C=O) groups is 2. The Morgan fingerprint density at radius 1 is 1.07 bits per heavy atom. The summed E-state index contributed by atoms with van der Waals surface area (Å²) in [6, 6.07) is 8.41. The van der Waals surface area contributed by atoms with Crippen molar-refractivity contribution in [2.45, 2.75) is 12.6 Å². The number of anilines is 1. The van der Waals surface area contributed by atoms with Gasteiger partial charge in [-0.05, 0) is 35.9 Å². The van der Waals surface area contributed by atoms with Gasteiger partial charge in [0.15, 0.2) is 0 Å². The second-order valence-corrected chi connectivity index (χ2v) is 5.78. The predicted molar refractivity (Wildman–Crippen MR) is 94.6 cm³/mol. The van der Waals surface area contributed by atoms with Gasteiger partial charge in [0.2, 0.25) is 5.91 Å². The van der Waals surface area contributed by atoms with Crippen LogP contribution < -0.4 is 10.1 Å². The standard InChI is InChI=1S/C19H18F3NO5/c1-27-8-9-28-16-7-6-14(19(20,21)22)11-15(16)23-17(24)10-12-2-4-13(5-3-12)18(25)26/h2-7,11H,8-10H2,1H3,(H,23,24)(H,25,26). The molecule has 0 aromatic heterocycles. The highest BCUT2D eigenvalue weighted by molar-refractivity contribution is 5.94. The molecule has 0 heterocycles. The molecule has 0 atom stereocenters. The zero-order chi connectivity index (χ0) is 20.7. The first-order valence-corrected chi connectivity index (χ1v) is 8.16. The van der Waals surface area contributed by atoms with Crippen LogP contribution >= 0.6 is 0 Å². The van der Waals surface area contributed by atoms with Crippen LogP contribution in [0.4, 0.5) is 18.9 Å². The van der Waals surface area contributed by atoms with E-state index in [-0.39, 0.29) is 36.6 Å². The van der Waals surface area contributed by atoms with E-state index in [1.165, 1.54) is 31.4 Å². The number of rotatable bonds is 8. The fraction of sp³-hybridized carbons (Fsp3) is 0.263. The number of nitrogens with one attached hydrogen (secondary N) is 1. The van der Waals surface area contributed by atoms with E-state index in [0.717, 1.165) is 18.2 Å². The topological polar surface area (TPSA) is 84.9 Å². The molecule has 2 aromatic carbocycles. The van der Waals surface area contributed by atoms with E-state index < -0.39 is 23.6 Å². The van der Waals surface area contributed by atoms with Crippen molar-refractivity contribution in [2.75, 3.05) is 25.6 Å². The Kier molecular flexibility index (Phi) is 7.00. The third kappa shape index (κ3) is 5.98. The van der Waals surface area contributed by atoms with Crippen LogP contribution in [0.25, 0.3) is 0 Å². The zero-order valence-electron chi connectivity index (χ0n) is 14.9. The molecule has 6 nitrogen and oxygen atoms in total. The summed E-state index contributed by atoms with van der Waals surface area (Å²) in [5, 5.41) is 11.3. The summed E-state index contributed by atoms with van der Waals surface area (Å²) < 4.78 is 49.1. The number of carboxylic acid groups (broad SMARTS) is 1. The monoisotopic (exact) mass is 397 g/mol. The van der Waals surface area contributed by atoms with Crippen LogP contribution in [0.5, 0.6) is 5.75 Å². The van der Waals surface area contributed by atoms with Gasteiger partial charge in [-0.15, -0.1) is 0 Å². The maximum Gasteiger partial charge on any atom is 0.416 e. The van der Waals surface area contributed by atoms with Crippen LogP contribution in [-0.4, -0.2) is 37.3 Å². The first kappa shape index (κ1) is 21.2. The minimum atomic E-state index is -4.57. The average molecular weight is 397 g/mol. The van der Waals surface area contributed by atoms with Gasteiger partial charge in [0.05, 0.1) is 29.8 Å². The van der Waals surface area contributed by atoms with Crippen molar-refractivity contribution >= 4 is 17.6 Å². The normalized spacial score (nSPS) is 11.1. The van der Waals surface area contributed by atoms with Crippen LogP contribution in [0.1, 0.15) is 21.5 Å². The number of halogens is 3. The third-order valence-electron chi connectivity index (χ3n) is 3.69. The molecule has 0 aliphatic carbocycles. The second kappa shape index (κ2) is 9.23. The number of alkyl halides is 3. The first-order valence-electron chi connectivity index (χ1n) is 8.16. The van der Waals surface area contributed by atoms with E-state index in [1.54, 1.807) is 0 Å². The molecular formula is C19H18F3NO5. The lowest BCUT2D eigenvalue weighted by Crippen LogP contribution is -2.17. The molecule has 0 aliphatic rings. The van der Waals surface area contributed by atoms with E-state index in [9.17, 15) is 22.8 Å². The molecule has 0 radical (unpaired) electrons. The van der Waals surface area contributed by atoms with Crippen LogP contribution in [-0.2, 0) is 22.1 Å². The minimum absolute atomic E-state index is 0.0656. The fourth-order valence-corrected chi connectivity index (χ4v) is 2.31. The van der Waals surface area contributed by atoms with Gasteiger partial charge >= 0.3 is 12.1 Å². The lowest BCUT2D eigenvalue weighted by molar-refractivity contribution is -0.137. The van der Waals surface area contributed by atoms with Crippen LogP contribution in [0.3, 0.4) is 0 Å². The minimum Gasteiger partial charge on any atom is -0.489 e. The summed E-state index contributed by atoms with van der Waals surface area (Å²) in [6.45, 7) is 0.325. The maximum absolute atomic E-state index is 13.0. The molecule has 1 amide bonds. The van der Waals surface area contributed by atoms with Crippen molar-refractivity contribution in [1.82, 2.24) is 0 Å². The van der Waals surface area contributed by atoms with E-state index in [1.807, 2.05) is 0 Å². The molecule has 2 N–H and O–H groups in total. The molecule has 0 saturated heterocycles. The maximum atomic E-state index is 13.0. The van der Waals surface area contributed by atoms with Crippen LogP contribution in [0, 0.1) is 0 Å². The molecule has 0 unspecified atom stereocenters. The number of aromatic carboxylic acids is 1. The summed E-state index contributed by atoms with van der Waals surface area (Å²) in [5.74, 6) is -1.59. The largest absolute Gasteiger partial charge is 0.489 e. The molecular weight excluding hydrogens is 379 g/mol. The molecule has 9 heteroatoms. The molecule has 0 saturated carbocycles. The molecule has 2 aromatic rings. The van der Waals surface area contributed by atoms with Gasteiger partial charge in [-0.3, -0.25) is 4.79 Å². The molecule has 2 rings (SSSR count). The SMILES string of the molecule is COCCOc1ccc(C(F)(F)F)cc1NC(=O)Cc1ccc(C(=O)O)cc1. The molecule has 0 fully saturated rings. The van der Waals surface area contributed by atoms with E-state index in [0.29, 0.717) is 5.56 Å². The van der Waals surface area contributed by atoms with Crippen LogP contribution in [0.15, 0.2) is 42.5 Å². The van der Waals surface area contributed by atoms with Gasteiger partial charge in [-0.25, -0.2) is 4.79 Å². The Hall–Kier alpha value is -3.07. The molecule has 28 heavy (non-hydrogen) atoms. The molecule has 0 spiro atoms. The van der Waals surface area contributed by atoms with Gasteiger partial charge in [0.1, 0.15) is 12.4 Å². The van der Waals surface area contributed by atoms with Gasteiger partial charge in [-0.2, -0.15) is 13.2 Å². The smallest absolute Gasteiger partial charge is 0.416 e. The van der Waals surface area contributed by atoms with Gasteiger partial charge < -0.3 is 19.9 Å². The fourth-order valence-electron chi connectivity index (χ4n) is 2.31. The summed E-state index contributed by atoms with van der Waals surface area (Å²) in [6.07, 6.45) is -4.72. The number of amides is 1. The van der Waals surface area contributed by atoms with Gasteiger partial charge in [0.25, 0.3) is 0 Å². The highest BCUT2D eigenvalue weighted by Crippen LogP contribution is 2.35. The van der Waals surface area contributed by atoms with Crippen molar-refractivity contribution in [3.63, 3.8) is 0 Å². The van der Waals surface area contributed by atoms with Crippen molar-refractivity contribution in [3.8, 4) is 5.75 Å². The highest BCUT2D eigenvalue weighted by atomic mass is 19.4. The number of hydrogen-bond acceptors (Lipinski definition) is 4. The second-order valence-electron chi connectivity index (χ2n) is 5.78. The number of carboxylic acids is 1. The van der Waals surface area contributed by atoms with Crippen molar-refractivity contribution in [3.05, 3.63) is 59.2 Å². The lowest BCUT2D eigenvalue weighted by Gasteiger charge is -2.15. The van der Waals surface area contributed by atoms with E-state index >= 15 is 0 Å². The summed E-state index contributed by atoms with van der Waals surface area (Å²) in [5.41, 5.74) is -0.460. The third-order valence-corrected chi connectivity index (χ3v) is 3.69. The Labute approximate surface area is 158 Å². The summed E-state index contributed by atoms with van der Waals surface area (Å²) >= 11 is 0. The lowest BCUT2D eigenvalue weighted by atomic mass is 10.1. The Bertz CT molecular complexity index is 834. The summed E-state index contributed by atoms with van der Waals surface area (Å²) in [7, 11) is 1.45. The van der Waals surface area contributed by atoms with E-state index in [2.05, 4.69) is 5.32 Å². The average Bonchev–Trinajstić information content (AvgIpc) is 2.62. The first-order chi connectivity index (χ1) is 13.2. The van der Waals surface area contributed by atoms with Crippen molar-refractivity contribution in [1.29, 1.82) is 0 Å². The quantitative estimate of drug-likeness (QED) is 0.665. The highest BCUT2D eigenvalue weighted by Gasteiger charge is 2.31. The number of ether oxygens (including phenoxy) is 2. The van der Waals surface area contributed by atoms with Crippen molar-refractivity contribution < 1.29 is 37.3 Å². The summed E-state index contributed by atoms with van der Waals surface area (Å²) in [4.78, 5) is 23.1. The predicted octanol–water partition coefficient (Wildman–Crippen LogP) is 3.61. The van der Waals surface area contributed by atoms with Crippen LogP contribution in [0.2, 0.25) is 0 Å². The molecule has 0 aliphatic heterocycles. The van der Waals surface area contributed by atoms with Gasteiger partial charge in [-0.1, -0.05) is 12.1 Å². The Balaban J connectivity index is 2.16. The number of carbonyl (C=O) groups excluding carboxylic acids is 1. The van der Waals surface area contributed by atoms with E-state index in [4.69, 9.17) is 14.6 Å². The van der Waals surface area contributed by atoms with Gasteiger partial charge in [0, 0.05) is 7.11 Å². The number of hydrogen-bond donors (Lipinski definition) is 2. The molecule has 0 bridgehead atoms. The number of methoxy groups -OCH3 is 1. The van der Waals surface area contributed by atoms with Crippen molar-refractivity contribution in [2.24, 2.45) is 0 Å². The zero-order valence-corrected chi connectivity index (χ0v) is 14.9. The Morgan fingerprint density at radius 2 is 1.75 bits per heavy atom. The Morgan fingerprint density at radius 3 is 2.32 bits per heavy atom.